The maximum atomic E-state index is 13.2. The number of hydrogen-bond donors (Lipinski definition) is 1. The molecular formula is C10H14ClFN2. The highest BCUT2D eigenvalue weighted by molar-refractivity contribution is 5.85. The molecule has 1 atom stereocenters. The molecule has 2 rings (SSSR count). The van der Waals surface area contributed by atoms with E-state index in [-0.39, 0.29) is 24.4 Å². The van der Waals surface area contributed by atoms with Crippen LogP contribution in [0.4, 0.5) is 4.39 Å². The summed E-state index contributed by atoms with van der Waals surface area (Å²) in [5.41, 5.74) is 0.710. The molecule has 0 spiro atoms. The van der Waals surface area contributed by atoms with Crippen molar-refractivity contribution in [3.63, 3.8) is 0 Å². The van der Waals surface area contributed by atoms with Crippen LogP contribution in [0.1, 0.15) is 30.9 Å². The van der Waals surface area contributed by atoms with Crippen LogP contribution in [0.2, 0.25) is 0 Å². The lowest BCUT2D eigenvalue weighted by molar-refractivity contribution is 0.395. The average molecular weight is 217 g/mol. The third kappa shape index (κ3) is 2.42. The predicted molar refractivity (Wildman–Crippen MR) is 56.0 cm³/mol. The van der Waals surface area contributed by atoms with Gasteiger partial charge in [0.2, 0.25) is 5.95 Å². The van der Waals surface area contributed by atoms with E-state index in [9.17, 15) is 4.39 Å². The van der Waals surface area contributed by atoms with E-state index in [2.05, 4.69) is 10.3 Å². The molecule has 0 aromatic carbocycles. The average Bonchev–Trinajstić information content (AvgIpc) is 2.20. The molecule has 0 saturated carbocycles. The molecule has 1 aliphatic rings. The van der Waals surface area contributed by atoms with Crippen molar-refractivity contribution >= 4 is 12.4 Å². The second kappa shape index (κ2) is 5.27. The molecule has 0 amide bonds. The van der Waals surface area contributed by atoms with Gasteiger partial charge in [-0.3, -0.25) is 0 Å². The molecular weight excluding hydrogens is 203 g/mol. The van der Waals surface area contributed by atoms with Gasteiger partial charge < -0.3 is 5.32 Å². The molecule has 0 radical (unpaired) electrons. The first kappa shape index (κ1) is 11.4. The Hall–Kier alpha value is -0.670. The zero-order valence-electron chi connectivity index (χ0n) is 7.87. The van der Waals surface area contributed by atoms with E-state index in [1.807, 2.05) is 6.07 Å². The van der Waals surface area contributed by atoms with Gasteiger partial charge in [0.05, 0.1) is 0 Å². The molecule has 0 aliphatic carbocycles. The highest BCUT2D eigenvalue weighted by atomic mass is 35.5. The standard InChI is InChI=1S/C10H13FN2.ClH/c11-10-8(4-3-7-13-10)9-5-1-2-6-12-9;/h3-4,7,9,12H,1-2,5-6H2;1H/t9-;/m0./s1. The third-order valence-electron chi connectivity index (χ3n) is 2.47. The zero-order valence-corrected chi connectivity index (χ0v) is 8.69. The van der Waals surface area contributed by atoms with Crippen molar-refractivity contribution in [3.8, 4) is 0 Å². The van der Waals surface area contributed by atoms with Crippen LogP contribution in [0.5, 0.6) is 0 Å². The molecule has 2 nitrogen and oxygen atoms in total. The van der Waals surface area contributed by atoms with Crippen LogP contribution in [0, 0.1) is 5.95 Å². The van der Waals surface area contributed by atoms with Crippen LogP contribution in [0.3, 0.4) is 0 Å². The van der Waals surface area contributed by atoms with Gasteiger partial charge in [0.25, 0.3) is 0 Å². The molecule has 1 aliphatic heterocycles. The minimum absolute atomic E-state index is 0. The number of hydrogen-bond acceptors (Lipinski definition) is 2. The van der Waals surface area contributed by atoms with E-state index in [1.54, 1.807) is 6.07 Å². The molecule has 1 saturated heterocycles. The molecule has 0 bridgehead atoms. The van der Waals surface area contributed by atoms with Crippen LogP contribution in [-0.2, 0) is 0 Å². The van der Waals surface area contributed by atoms with E-state index in [1.165, 1.54) is 19.0 Å². The normalized spacial score (nSPS) is 21.4. The lowest BCUT2D eigenvalue weighted by atomic mass is 9.99. The van der Waals surface area contributed by atoms with Gasteiger partial charge in [-0.25, -0.2) is 4.98 Å². The molecule has 1 aromatic rings. The molecule has 1 aromatic heterocycles. The Morgan fingerprint density at radius 3 is 2.93 bits per heavy atom. The Morgan fingerprint density at radius 1 is 1.43 bits per heavy atom. The second-order valence-corrected chi connectivity index (χ2v) is 3.39. The Balaban J connectivity index is 0.000000980. The summed E-state index contributed by atoms with van der Waals surface area (Å²) in [5, 5.41) is 3.30. The van der Waals surface area contributed by atoms with Gasteiger partial charge in [0.1, 0.15) is 0 Å². The van der Waals surface area contributed by atoms with Crippen LogP contribution in [-0.4, -0.2) is 11.5 Å². The van der Waals surface area contributed by atoms with Crippen molar-refractivity contribution in [2.24, 2.45) is 0 Å². The first-order valence-corrected chi connectivity index (χ1v) is 4.72. The summed E-state index contributed by atoms with van der Waals surface area (Å²) in [5.74, 6) is -0.332. The van der Waals surface area contributed by atoms with Crippen molar-refractivity contribution in [2.45, 2.75) is 25.3 Å². The first-order chi connectivity index (χ1) is 6.38. The number of halogens is 2. The van der Waals surface area contributed by atoms with E-state index >= 15 is 0 Å². The summed E-state index contributed by atoms with van der Waals surface area (Å²) in [6, 6.07) is 3.77. The number of pyridine rings is 1. The van der Waals surface area contributed by atoms with E-state index in [0.29, 0.717) is 5.56 Å². The number of nitrogens with one attached hydrogen (secondary N) is 1. The summed E-state index contributed by atoms with van der Waals surface area (Å²) < 4.78 is 13.2. The Kier molecular flexibility index (Phi) is 4.29. The lowest BCUT2D eigenvalue weighted by Gasteiger charge is -2.23. The maximum Gasteiger partial charge on any atom is 0.217 e. The molecule has 78 valence electrons. The second-order valence-electron chi connectivity index (χ2n) is 3.39. The zero-order chi connectivity index (χ0) is 9.10. The Bertz CT molecular complexity index is 287. The molecule has 4 heteroatoms. The minimum Gasteiger partial charge on any atom is -0.310 e. The molecule has 0 unspecified atom stereocenters. The fraction of sp³-hybridized carbons (Fsp3) is 0.500. The third-order valence-corrected chi connectivity index (χ3v) is 2.47. The van der Waals surface area contributed by atoms with Crippen molar-refractivity contribution < 1.29 is 4.39 Å². The fourth-order valence-corrected chi connectivity index (χ4v) is 1.78. The largest absolute Gasteiger partial charge is 0.310 e. The summed E-state index contributed by atoms with van der Waals surface area (Å²) in [6.45, 7) is 0.985. The van der Waals surface area contributed by atoms with Crippen molar-refractivity contribution in [1.29, 1.82) is 0 Å². The monoisotopic (exact) mass is 216 g/mol. The fourth-order valence-electron chi connectivity index (χ4n) is 1.78. The van der Waals surface area contributed by atoms with Gasteiger partial charge in [-0.2, -0.15) is 4.39 Å². The minimum atomic E-state index is -0.332. The van der Waals surface area contributed by atoms with Crippen molar-refractivity contribution in [1.82, 2.24) is 10.3 Å². The molecule has 1 fully saturated rings. The van der Waals surface area contributed by atoms with Crippen molar-refractivity contribution in [2.75, 3.05) is 6.54 Å². The topological polar surface area (TPSA) is 24.9 Å². The summed E-state index contributed by atoms with van der Waals surface area (Å²) in [6.07, 6.45) is 4.87. The highest BCUT2D eigenvalue weighted by Gasteiger charge is 2.17. The SMILES string of the molecule is Cl.Fc1ncccc1[C@@H]1CCCCN1. The highest BCUT2D eigenvalue weighted by Crippen LogP contribution is 2.23. The van der Waals surface area contributed by atoms with Gasteiger partial charge in [-0.1, -0.05) is 12.5 Å². The summed E-state index contributed by atoms with van der Waals surface area (Å²) in [4.78, 5) is 3.65. The smallest absolute Gasteiger partial charge is 0.217 e. The van der Waals surface area contributed by atoms with Gasteiger partial charge in [-0.15, -0.1) is 12.4 Å². The number of nitrogens with zero attached hydrogens (tertiary/aromatic N) is 1. The van der Waals surface area contributed by atoms with Crippen LogP contribution in [0.25, 0.3) is 0 Å². The van der Waals surface area contributed by atoms with E-state index < -0.39 is 0 Å². The predicted octanol–water partition coefficient (Wildman–Crippen LogP) is 2.46. The Labute approximate surface area is 89.3 Å². The van der Waals surface area contributed by atoms with Crippen LogP contribution in [0.15, 0.2) is 18.3 Å². The molecule has 14 heavy (non-hydrogen) atoms. The van der Waals surface area contributed by atoms with Crippen molar-refractivity contribution in [3.05, 3.63) is 29.8 Å². The summed E-state index contributed by atoms with van der Waals surface area (Å²) in [7, 11) is 0. The number of aromatic nitrogens is 1. The van der Waals surface area contributed by atoms with Crippen LogP contribution >= 0.6 is 12.4 Å². The van der Waals surface area contributed by atoms with Gasteiger partial charge in [-0.05, 0) is 25.5 Å². The number of piperidine rings is 1. The molecule has 1 N–H and O–H groups in total. The quantitative estimate of drug-likeness (QED) is 0.730. The number of rotatable bonds is 1. The first-order valence-electron chi connectivity index (χ1n) is 4.72. The van der Waals surface area contributed by atoms with E-state index in [0.717, 1.165) is 13.0 Å². The summed E-state index contributed by atoms with van der Waals surface area (Å²) >= 11 is 0. The van der Waals surface area contributed by atoms with E-state index in [4.69, 9.17) is 0 Å². The van der Waals surface area contributed by atoms with Gasteiger partial charge in [0, 0.05) is 17.8 Å². The van der Waals surface area contributed by atoms with Gasteiger partial charge in [0.15, 0.2) is 0 Å². The maximum absolute atomic E-state index is 13.2. The lowest BCUT2D eigenvalue weighted by Crippen LogP contribution is -2.27. The Morgan fingerprint density at radius 2 is 2.29 bits per heavy atom. The molecule has 2 heterocycles. The van der Waals surface area contributed by atoms with Gasteiger partial charge >= 0.3 is 0 Å². The van der Waals surface area contributed by atoms with Crippen LogP contribution < -0.4 is 5.32 Å².